The van der Waals surface area contributed by atoms with Gasteiger partial charge in [0.05, 0.1) is 11.9 Å². The number of aryl methyl sites for hydroxylation is 1. The highest BCUT2D eigenvalue weighted by Crippen LogP contribution is 2.27. The SMILES string of the molecule is Cn1ncc(NC2CCN(c3ccc(C(C)(C)C)cc3)CC2)c(Br)c1=O. The zero-order chi connectivity index (χ0) is 18.9. The molecule has 0 radical (unpaired) electrons. The lowest BCUT2D eigenvalue weighted by molar-refractivity contribution is 0.525. The molecule has 0 spiro atoms. The first-order chi connectivity index (χ1) is 12.3. The monoisotopic (exact) mass is 418 g/mol. The van der Waals surface area contributed by atoms with Crippen molar-refractivity contribution in [1.82, 2.24) is 9.78 Å². The van der Waals surface area contributed by atoms with Crippen molar-refractivity contribution in [3.63, 3.8) is 0 Å². The lowest BCUT2D eigenvalue weighted by Gasteiger charge is -2.34. The van der Waals surface area contributed by atoms with E-state index in [0.29, 0.717) is 10.5 Å². The summed E-state index contributed by atoms with van der Waals surface area (Å²) < 4.78 is 1.88. The molecule has 1 saturated heterocycles. The summed E-state index contributed by atoms with van der Waals surface area (Å²) in [5.74, 6) is 0. The molecule has 140 valence electrons. The highest BCUT2D eigenvalue weighted by molar-refractivity contribution is 9.10. The van der Waals surface area contributed by atoms with Crippen LogP contribution in [0.2, 0.25) is 0 Å². The molecule has 1 fully saturated rings. The Morgan fingerprint density at radius 2 is 1.77 bits per heavy atom. The fraction of sp³-hybridized carbons (Fsp3) is 0.500. The molecule has 1 N–H and O–H groups in total. The van der Waals surface area contributed by atoms with Gasteiger partial charge in [0, 0.05) is 31.9 Å². The average Bonchev–Trinajstić information content (AvgIpc) is 2.62. The molecule has 1 aliphatic rings. The van der Waals surface area contributed by atoms with Gasteiger partial charge in [0.15, 0.2) is 0 Å². The largest absolute Gasteiger partial charge is 0.380 e. The molecular formula is C20H27BrN4O. The molecule has 0 amide bonds. The van der Waals surface area contributed by atoms with Crippen molar-refractivity contribution < 1.29 is 0 Å². The van der Waals surface area contributed by atoms with Crippen LogP contribution in [0.25, 0.3) is 0 Å². The molecule has 2 heterocycles. The summed E-state index contributed by atoms with van der Waals surface area (Å²) >= 11 is 3.38. The maximum absolute atomic E-state index is 12.0. The van der Waals surface area contributed by atoms with E-state index in [9.17, 15) is 4.79 Å². The Morgan fingerprint density at radius 3 is 2.35 bits per heavy atom. The van der Waals surface area contributed by atoms with Crippen LogP contribution in [0.4, 0.5) is 11.4 Å². The van der Waals surface area contributed by atoms with E-state index in [1.165, 1.54) is 15.9 Å². The summed E-state index contributed by atoms with van der Waals surface area (Å²) in [5, 5.41) is 7.57. The van der Waals surface area contributed by atoms with E-state index in [0.717, 1.165) is 31.6 Å². The summed E-state index contributed by atoms with van der Waals surface area (Å²) in [6.45, 7) is 8.72. The molecular weight excluding hydrogens is 392 g/mol. The first kappa shape index (κ1) is 19.0. The van der Waals surface area contributed by atoms with Crippen LogP contribution in [0.3, 0.4) is 0 Å². The lowest BCUT2D eigenvalue weighted by atomic mass is 9.87. The van der Waals surface area contributed by atoms with Crippen LogP contribution in [0.15, 0.2) is 39.7 Å². The minimum atomic E-state index is -0.119. The van der Waals surface area contributed by atoms with Gasteiger partial charge in [0.25, 0.3) is 5.56 Å². The third-order valence-electron chi connectivity index (χ3n) is 5.03. The van der Waals surface area contributed by atoms with E-state index in [4.69, 9.17) is 0 Å². The smallest absolute Gasteiger partial charge is 0.282 e. The highest BCUT2D eigenvalue weighted by Gasteiger charge is 2.21. The predicted molar refractivity (Wildman–Crippen MR) is 111 cm³/mol. The van der Waals surface area contributed by atoms with Crippen LogP contribution in [0.1, 0.15) is 39.2 Å². The highest BCUT2D eigenvalue weighted by atomic mass is 79.9. The zero-order valence-electron chi connectivity index (χ0n) is 15.9. The Kier molecular flexibility index (Phi) is 5.42. The van der Waals surface area contributed by atoms with Gasteiger partial charge in [-0.2, -0.15) is 5.10 Å². The second-order valence-electron chi connectivity index (χ2n) is 8.00. The van der Waals surface area contributed by atoms with Gasteiger partial charge in [-0.1, -0.05) is 32.9 Å². The number of hydrogen-bond acceptors (Lipinski definition) is 4. The molecule has 2 aromatic rings. The molecule has 0 atom stereocenters. The predicted octanol–water partition coefficient (Wildman–Crippen LogP) is 3.92. The topological polar surface area (TPSA) is 50.2 Å². The van der Waals surface area contributed by atoms with Crippen molar-refractivity contribution in [3.05, 3.63) is 50.9 Å². The second kappa shape index (κ2) is 7.43. The van der Waals surface area contributed by atoms with Gasteiger partial charge < -0.3 is 10.2 Å². The Labute approximate surface area is 163 Å². The van der Waals surface area contributed by atoms with E-state index in [1.54, 1.807) is 13.2 Å². The Bertz CT molecular complexity index is 815. The summed E-state index contributed by atoms with van der Waals surface area (Å²) in [6.07, 6.45) is 3.77. The first-order valence-corrected chi connectivity index (χ1v) is 9.89. The first-order valence-electron chi connectivity index (χ1n) is 9.09. The molecule has 0 bridgehead atoms. The van der Waals surface area contributed by atoms with E-state index in [-0.39, 0.29) is 11.0 Å². The third-order valence-corrected chi connectivity index (χ3v) is 5.80. The quantitative estimate of drug-likeness (QED) is 0.820. The van der Waals surface area contributed by atoms with Gasteiger partial charge in [-0.15, -0.1) is 0 Å². The summed E-state index contributed by atoms with van der Waals surface area (Å²) in [4.78, 5) is 14.4. The second-order valence-corrected chi connectivity index (χ2v) is 8.80. The van der Waals surface area contributed by atoms with Gasteiger partial charge in [-0.05, 0) is 51.9 Å². The molecule has 0 aliphatic carbocycles. The van der Waals surface area contributed by atoms with Crippen LogP contribution < -0.4 is 15.8 Å². The number of nitrogens with zero attached hydrogens (tertiary/aromatic N) is 3. The summed E-state index contributed by atoms with van der Waals surface area (Å²) in [7, 11) is 1.65. The number of aromatic nitrogens is 2. The molecule has 3 rings (SSSR count). The van der Waals surface area contributed by atoms with Crippen LogP contribution in [-0.2, 0) is 12.5 Å². The molecule has 1 aromatic carbocycles. The standard InChI is InChI=1S/C20H27BrN4O/c1-20(2,3)14-5-7-16(8-6-14)25-11-9-15(10-12-25)23-17-13-22-24(4)19(26)18(17)21/h5-8,13,15,23H,9-12H2,1-4H3. The normalized spacial score (nSPS) is 16.0. The van der Waals surface area contributed by atoms with Crippen molar-refractivity contribution in [2.45, 2.75) is 45.1 Å². The summed E-state index contributed by atoms with van der Waals surface area (Å²) in [6, 6.07) is 9.29. The summed E-state index contributed by atoms with van der Waals surface area (Å²) in [5.41, 5.74) is 3.49. The van der Waals surface area contributed by atoms with Gasteiger partial charge in [-0.25, -0.2) is 4.68 Å². The third kappa shape index (κ3) is 4.11. The number of rotatable bonds is 3. The molecule has 26 heavy (non-hydrogen) atoms. The number of benzene rings is 1. The maximum atomic E-state index is 12.0. The number of nitrogens with one attached hydrogen (secondary N) is 1. The van der Waals surface area contributed by atoms with Crippen LogP contribution in [0.5, 0.6) is 0 Å². The minimum absolute atomic E-state index is 0.119. The fourth-order valence-corrected chi connectivity index (χ4v) is 3.76. The molecule has 5 nitrogen and oxygen atoms in total. The molecule has 6 heteroatoms. The van der Waals surface area contributed by atoms with Gasteiger partial charge in [-0.3, -0.25) is 4.79 Å². The van der Waals surface area contributed by atoms with Gasteiger partial charge in [0.2, 0.25) is 0 Å². The van der Waals surface area contributed by atoms with E-state index in [2.05, 4.69) is 76.3 Å². The Hall–Kier alpha value is -1.82. The number of piperidine rings is 1. The van der Waals surface area contributed by atoms with Gasteiger partial charge >= 0.3 is 0 Å². The van der Waals surface area contributed by atoms with Gasteiger partial charge in [0.1, 0.15) is 4.47 Å². The number of hydrogen-bond donors (Lipinski definition) is 1. The van der Waals surface area contributed by atoms with Crippen LogP contribution in [-0.4, -0.2) is 28.9 Å². The molecule has 0 unspecified atom stereocenters. The van der Waals surface area contributed by atoms with Crippen molar-refractivity contribution in [2.75, 3.05) is 23.3 Å². The lowest BCUT2D eigenvalue weighted by Crippen LogP contribution is -2.39. The van der Waals surface area contributed by atoms with Crippen molar-refractivity contribution >= 4 is 27.3 Å². The van der Waals surface area contributed by atoms with Crippen LogP contribution >= 0.6 is 15.9 Å². The molecule has 1 aliphatic heterocycles. The van der Waals surface area contributed by atoms with E-state index < -0.39 is 0 Å². The minimum Gasteiger partial charge on any atom is -0.380 e. The average molecular weight is 419 g/mol. The number of halogens is 1. The van der Waals surface area contributed by atoms with E-state index in [1.807, 2.05) is 0 Å². The Morgan fingerprint density at radius 1 is 1.15 bits per heavy atom. The fourth-order valence-electron chi connectivity index (χ4n) is 3.29. The number of anilines is 2. The van der Waals surface area contributed by atoms with Crippen molar-refractivity contribution in [1.29, 1.82) is 0 Å². The zero-order valence-corrected chi connectivity index (χ0v) is 17.5. The molecule has 0 saturated carbocycles. The van der Waals surface area contributed by atoms with Crippen molar-refractivity contribution in [2.24, 2.45) is 7.05 Å². The maximum Gasteiger partial charge on any atom is 0.282 e. The van der Waals surface area contributed by atoms with E-state index >= 15 is 0 Å². The van der Waals surface area contributed by atoms with Crippen LogP contribution in [0, 0.1) is 0 Å². The van der Waals surface area contributed by atoms with Crippen molar-refractivity contribution in [3.8, 4) is 0 Å². The molecule has 1 aromatic heterocycles. The Balaban J connectivity index is 1.61.